The summed E-state index contributed by atoms with van der Waals surface area (Å²) in [5.41, 5.74) is -0.123. The van der Waals surface area contributed by atoms with Crippen molar-refractivity contribution in [3.05, 3.63) is 58.6 Å². The van der Waals surface area contributed by atoms with Crippen molar-refractivity contribution in [1.29, 1.82) is 0 Å². The third-order valence-corrected chi connectivity index (χ3v) is 2.98. The molecule has 0 spiro atoms. The maximum absolute atomic E-state index is 13.3. The van der Waals surface area contributed by atoms with E-state index in [4.69, 9.17) is 4.74 Å². The molecule has 0 aliphatic heterocycles. The Morgan fingerprint density at radius 3 is 2.26 bits per heavy atom. The Labute approximate surface area is 118 Å². The number of halogens is 3. The van der Waals surface area contributed by atoms with Crippen molar-refractivity contribution in [1.82, 2.24) is 0 Å². The second kappa shape index (κ2) is 6.52. The van der Waals surface area contributed by atoms with Gasteiger partial charge in [0.15, 0.2) is 0 Å². The minimum atomic E-state index is -0.608. The maximum Gasteiger partial charge on any atom is 0.149 e. The molecule has 2 aromatic carbocycles. The van der Waals surface area contributed by atoms with Crippen LogP contribution in [0.3, 0.4) is 0 Å². The molecule has 2 rings (SSSR count). The molecule has 2 nitrogen and oxygen atoms in total. The fourth-order valence-electron chi connectivity index (χ4n) is 1.54. The number of nitrogens with one attached hydrogen (secondary N) is 1. The molecule has 0 radical (unpaired) electrons. The second-order valence-electron chi connectivity index (χ2n) is 3.83. The average Bonchev–Trinajstić information content (AvgIpc) is 2.39. The molecule has 0 unspecified atom stereocenters. The summed E-state index contributed by atoms with van der Waals surface area (Å²) in [4.78, 5) is 0. The summed E-state index contributed by atoms with van der Waals surface area (Å²) in [5.74, 6) is -0.508. The van der Waals surface area contributed by atoms with Crippen LogP contribution in [0.1, 0.15) is 0 Å². The molecule has 0 bridgehead atoms. The quantitative estimate of drug-likeness (QED) is 0.830. The molecule has 0 aromatic heterocycles. The highest BCUT2D eigenvalue weighted by molar-refractivity contribution is 9.10. The number of hydrogen-bond donors (Lipinski definition) is 1. The Morgan fingerprint density at radius 1 is 1.00 bits per heavy atom. The lowest BCUT2D eigenvalue weighted by Crippen LogP contribution is -2.13. The number of anilines is 1. The van der Waals surface area contributed by atoms with Crippen LogP contribution < -0.4 is 10.1 Å². The zero-order valence-corrected chi connectivity index (χ0v) is 11.6. The molecule has 0 saturated heterocycles. The molecule has 19 heavy (non-hydrogen) atoms. The predicted molar refractivity (Wildman–Crippen MR) is 74.5 cm³/mol. The van der Waals surface area contributed by atoms with Crippen molar-refractivity contribution in [2.24, 2.45) is 0 Å². The molecule has 0 amide bonds. The molecule has 1 N–H and O–H groups in total. The fourth-order valence-corrected chi connectivity index (χ4v) is 1.81. The standard InChI is InChI=1S/C14H12BrF2NO/c15-10-4-6-11(7-5-10)19-9-8-18-14-12(16)2-1-3-13(14)17/h1-7,18H,8-9H2. The van der Waals surface area contributed by atoms with E-state index in [0.29, 0.717) is 18.9 Å². The van der Waals surface area contributed by atoms with Gasteiger partial charge in [-0.3, -0.25) is 0 Å². The number of rotatable bonds is 5. The van der Waals surface area contributed by atoms with Gasteiger partial charge in [-0.15, -0.1) is 0 Å². The first kappa shape index (κ1) is 13.8. The molecule has 0 aliphatic carbocycles. The van der Waals surface area contributed by atoms with Gasteiger partial charge in [-0.25, -0.2) is 8.78 Å². The van der Waals surface area contributed by atoms with E-state index in [1.807, 2.05) is 24.3 Å². The van der Waals surface area contributed by atoms with Gasteiger partial charge in [-0.2, -0.15) is 0 Å². The van der Waals surface area contributed by atoms with Crippen molar-refractivity contribution in [3.8, 4) is 5.75 Å². The summed E-state index contributed by atoms with van der Waals surface area (Å²) in [6.07, 6.45) is 0. The molecular weight excluding hydrogens is 316 g/mol. The molecule has 0 fully saturated rings. The van der Waals surface area contributed by atoms with Gasteiger partial charge in [0.05, 0.1) is 0 Å². The summed E-state index contributed by atoms with van der Waals surface area (Å²) in [6.45, 7) is 0.628. The minimum Gasteiger partial charge on any atom is -0.492 e. The van der Waals surface area contributed by atoms with Crippen LogP contribution in [-0.4, -0.2) is 13.2 Å². The summed E-state index contributed by atoms with van der Waals surface area (Å²) in [6, 6.07) is 11.1. The van der Waals surface area contributed by atoms with Crippen molar-refractivity contribution in [2.75, 3.05) is 18.5 Å². The van der Waals surface area contributed by atoms with Crippen LogP contribution >= 0.6 is 15.9 Å². The van der Waals surface area contributed by atoms with Gasteiger partial charge in [0.1, 0.15) is 29.7 Å². The number of hydrogen-bond acceptors (Lipinski definition) is 2. The Kier molecular flexibility index (Phi) is 4.74. The zero-order valence-electron chi connectivity index (χ0n) is 10.00. The molecule has 0 heterocycles. The van der Waals surface area contributed by atoms with Crippen LogP contribution in [0.2, 0.25) is 0 Å². The molecular formula is C14H12BrF2NO. The van der Waals surface area contributed by atoms with E-state index in [-0.39, 0.29) is 5.69 Å². The van der Waals surface area contributed by atoms with Crippen LogP contribution in [0.5, 0.6) is 5.75 Å². The second-order valence-corrected chi connectivity index (χ2v) is 4.74. The van der Waals surface area contributed by atoms with Gasteiger partial charge in [-0.05, 0) is 36.4 Å². The lowest BCUT2D eigenvalue weighted by atomic mass is 10.3. The normalized spacial score (nSPS) is 10.3. The fraction of sp³-hybridized carbons (Fsp3) is 0.143. The van der Waals surface area contributed by atoms with Crippen molar-refractivity contribution in [3.63, 3.8) is 0 Å². The molecule has 0 aliphatic rings. The Bertz CT molecular complexity index is 525. The summed E-state index contributed by atoms with van der Waals surface area (Å²) in [7, 11) is 0. The lowest BCUT2D eigenvalue weighted by Gasteiger charge is -2.10. The highest BCUT2D eigenvalue weighted by Gasteiger charge is 2.06. The zero-order chi connectivity index (χ0) is 13.7. The lowest BCUT2D eigenvalue weighted by molar-refractivity contribution is 0.332. The number of benzene rings is 2. The van der Waals surface area contributed by atoms with E-state index < -0.39 is 11.6 Å². The first-order chi connectivity index (χ1) is 9.16. The number of para-hydroxylation sites is 1. The Hall–Kier alpha value is -1.62. The molecule has 0 saturated carbocycles. The van der Waals surface area contributed by atoms with Gasteiger partial charge in [-0.1, -0.05) is 22.0 Å². The largest absolute Gasteiger partial charge is 0.492 e. The Balaban J connectivity index is 1.82. The van der Waals surface area contributed by atoms with E-state index in [1.165, 1.54) is 18.2 Å². The summed E-state index contributed by atoms with van der Waals surface area (Å²) < 4.78 is 33.0. The van der Waals surface area contributed by atoms with Crippen LogP contribution in [0.15, 0.2) is 46.9 Å². The van der Waals surface area contributed by atoms with Gasteiger partial charge >= 0.3 is 0 Å². The van der Waals surface area contributed by atoms with Crippen LogP contribution in [0.4, 0.5) is 14.5 Å². The maximum atomic E-state index is 13.3. The average molecular weight is 328 g/mol. The van der Waals surface area contributed by atoms with Gasteiger partial charge < -0.3 is 10.1 Å². The van der Waals surface area contributed by atoms with E-state index in [1.54, 1.807) is 0 Å². The smallest absolute Gasteiger partial charge is 0.149 e. The molecule has 0 atom stereocenters. The molecule has 100 valence electrons. The highest BCUT2D eigenvalue weighted by atomic mass is 79.9. The topological polar surface area (TPSA) is 21.3 Å². The van der Waals surface area contributed by atoms with E-state index in [2.05, 4.69) is 21.2 Å². The van der Waals surface area contributed by atoms with Crippen LogP contribution in [0.25, 0.3) is 0 Å². The van der Waals surface area contributed by atoms with Crippen molar-refractivity contribution < 1.29 is 13.5 Å². The molecule has 2 aromatic rings. The van der Waals surface area contributed by atoms with Crippen molar-refractivity contribution >= 4 is 21.6 Å². The first-order valence-electron chi connectivity index (χ1n) is 5.73. The Morgan fingerprint density at radius 2 is 1.63 bits per heavy atom. The highest BCUT2D eigenvalue weighted by Crippen LogP contribution is 2.18. The first-order valence-corrected chi connectivity index (χ1v) is 6.52. The van der Waals surface area contributed by atoms with Crippen LogP contribution in [0, 0.1) is 11.6 Å². The van der Waals surface area contributed by atoms with Crippen LogP contribution in [-0.2, 0) is 0 Å². The summed E-state index contributed by atoms with van der Waals surface area (Å²) in [5, 5.41) is 2.68. The van der Waals surface area contributed by atoms with Gasteiger partial charge in [0.25, 0.3) is 0 Å². The monoisotopic (exact) mass is 327 g/mol. The predicted octanol–water partition coefficient (Wildman–Crippen LogP) is 4.22. The van der Waals surface area contributed by atoms with E-state index in [0.717, 1.165) is 4.47 Å². The third-order valence-electron chi connectivity index (χ3n) is 2.45. The summed E-state index contributed by atoms with van der Waals surface area (Å²) >= 11 is 3.32. The SMILES string of the molecule is Fc1cccc(F)c1NCCOc1ccc(Br)cc1. The van der Waals surface area contributed by atoms with Gasteiger partial charge in [0, 0.05) is 11.0 Å². The van der Waals surface area contributed by atoms with Gasteiger partial charge in [0.2, 0.25) is 0 Å². The van der Waals surface area contributed by atoms with Crippen molar-refractivity contribution in [2.45, 2.75) is 0 Å². The third kappa shape index (κ3) is 3.92. The minimum absolute atomic E-state index is 0.123. The van der Waals surface area contributed by atoms with E-state index >= 15 is 0 Å². The number of ether oxygens (including phenoxy) is 1. The molecule has 5 heteroatoms. The van der Waals surface area contributed by atoms with E-state index in [9.17, 15) is 8.78 Å².